The van der Waals surface area contributed by atoms with Crippen molar-refractivity contribution in [3.63, 3.8) is 0 Å². The molecule has 2 rings (SSSR count). The third kappa shape index (κ3) is 4.88. The van der Waals surface area contributed by atoms with Crippen molar-refractivity contribution in [2.24, 2.45) is 0 Å². The molecule has 0 saturated carbocycles. The lowest BCUT2D eigenvalue weighted by Crippen LogP contribution is -2.54. The summed E-state index contributed by atoms with van der Waals surface area (Å²) in [7, 11) is 0. The van der Waals surface area contributed by atoms with Crippen molar-refractivity contribution in [3.05, 3.63) is 29.8 Å². The third-order valence-electron chi connectivity index (χ3n) is 3.84. The number of hydrogen-bond donors (Lipinski definition) is 1. The molecule has 0 atom stereocenters. The summed E-state index contributed by atoms with van der Waals surface area (Å²) >= 11 is 0. The second-order valence-electron chi connectivity index (χ2n) is 6.26. The largest absolute Gasteiger partial charge is 0.494 e. The van der Waals surface area contributed by atoms with E-state index >= 15 is 0 Å². The maximum absolute atomic E-state index is 12.5. The lowest BCUT2D eigenvalue weighted by atomic mass is 10.1. The first-order chi connectivity index (χ1) is 11.5. The average Bonchev–Trinajstić information content (AvgIpc) is 2.59. The number of benzene rings is 1. The van der Waals surface area contributed by atoms with Crippen LogP contribution >= 0.6 is 0 Å². The normalized spacial score (nSPS) is 14.7. The number of nitrogens with zero attached hydrogens (tertiary/aromatic N) is 2. The highest BCUT2D eigenvalue weighted by atomic mass is 16.5. The molecular weight excluding hydrogens is 306 g/mol. The second-order valence-corrected chi connectivity index (χ2v) is 6.26. The van der Waals surface area contributed by atoms with Crippen molar-refractivity contribution in [2.45, 2.75) is 33.2 Å². The molecule has 0 aromatic heterocycles. The number of rotatable bonds is 5. The number of piperazine rings is 1. The number of carbonyl (C=O) groups is 2. The first-order valence-electron chi connectivity index (χ1n) is 8.59. The van der Waals surface area contributed by atoms with Crippen molar-refractivity contribution in [1.29, 1.82) is 0 Å². The molecule has 0 aliphatic carbocycles. The Morgan fingerprint density at radius 2 is 1.67 bits per heavy atom. The standard InChI is InChI=1S/C18H27N3O3/c1-4-13-24-16-7-5-15(6-8-16)17(22)20-9-11-21(12-10-20)18(23)19-14(2)3/h5-8,14H,4,9-13H2,1-3H3,(H,19,23). The van der Waals surface area contributed by atoms with Crippen molar-refractivity contribution < 1.29 is 14.3 Å². The van der Waals surface area contributed by atoms with Gasteiger partial charge in [-0.1, -0.05) is 6.92 Å². The second kappa shape index (κ2) is 8.57. The number of nitrogens with one attached hydrogen (secondary N) is 1. The molecule has 132 valence electrons. The fourth-order valence-corrected chi connectivity index (χ4v) is 2.55. The Hall–Kier alpha value is -2.24. The van der Waals surface area contributed by atoms with Gasteiger partial charge in [-0.3, -0.25) is 4.79 Å². The van der Waals surface area contributed by atoms with E-state index in [1.165, 1.54) is 0 Å². The van der Waals surface area contributed by atoms with Gasteiger partial charge in [-0.25, -0.2) is 4.79 Å². The Labute approximate surface area is 143 Å². The van der Waals surface area contributed by atoms with Gasteiger partial charge in [0, 0.05) is 37.8 Å². The molecule has 1 aromatic rings. The van der Waals surface area contributed by atoms with Gasteiger partial charge in [0.25, 0.3) is 5.91 Å². The molecule has 1 heterocycles. The SMILES string of the molecule is CCCOc1ccc(C(=O)N2CCN(C(=O)NC(C)C)CC2)cc1. The molecule has 6 heteroatoms. The van der Waals surface area contributed by atoms with Crippen LogP contribution in [0, 0.1) is 0 Å². The lowest BCUT2D eigenvalue weighted by Gasteiger charge is -2.35. The highest BCUT2D eigenvalue weighted by Gasteiger charge is 2.25. The highest BCUT2D eigenvalue weighted by Crippen LogP contribution is 2.15. The molecule has 1 aliphatic rings. The number of carbonyl (C=O) groups excluding carboxylic acids is 2. The van der Waals surface area contributed by atoms with Crippen LogP contribution in [0.3, 0.4) is 0 Å². The molecular formula is C18H27N3O3. The predicted molar refractivity (Wildman–Crippen MR) is 93.4 cm³/mol. The van der Waals surface area contributed by atoms with Gasteiger partial charge in [-0.15, -0.1) is 0 Å². The molecule has 0 bridgehead atoms. The molecule has 24 heavy (non-hydrogen) atoms. The zero-order valence-electron chi connectivity index (χ0n) is 14.7. The van der Waals surface area contributed by atoms with E-state index < -0.39 is 0 Å². The van der Waals surface area contributed by atoms with Crippen LogP contribution in [0.25, 0.3) is 0 Å². The number of hydrogen-bond acceptors (Lipinski definition) is 3. The summed E-state index contributed by atoms with van der Waals surface area (Å²) < 4.78 is 5.53. The van der Waals surface area contributed by atoms with E-state index in [1.54, 1.807) is 21.9 Å². The van der Waals surface area contributed by atoms with Crippen LogP contribution in [0.4, 0.5) is 4.79 Å². The van der Waals surface area contributed by atoms with E-state index in [1.807, 2.05) is 26.0 Å². The Kier molecular flexibility index (Phi) is 6.46. The van der Waals surface area contributed by atoms with Gasteiger partial charge in [0.2, 0.25) is 0 Å². The smallest absolute Gasteiger partial charge is 0.317 e. The average molecular weight is 333 g/mol. The van der Waals surface area contributed by atoms with Gasteiger partial charge in [-0.2, -0.15) is 0 Å². The first-order valence-corrected chi connectivity index (χ1v) is 8.59. The third-order valence-corrected chi connectivity index (χ3v) is 3.84. The quantitative estimate of drug-likeness (QED) is 0.900. The van der Waals surface area contributed by atoms with Crippen molar-refractivity contribution in [2.75, 3.05) is 32.8 Å². The Morgan fingerprint density at radius 3 is 2.21 bits per heavy atom. The minimum atomic E-state index is -0.0606. The number of ether oxygens (including phenoxy) is 1. The van der Waals surface area contributed by atoms with E-state index in [0.29, 0.717) is 38.3 Å². The maximum atomic E-state index is 12.5. The van der Waals surface area contributed by atoms with Crippen molar-refractivity contribution in [3.8, 4) is 5.75 Å². The van der Waals surface area contributed by atoms with Crippen LogP contribution in [-0.4, -0.2) is 60.6 Å². The fraction of sp³-hybridized carbons (Fsp3) is 0.556. The molecule has 3 amide bonds. The monoisotopic (exact) mass is 333 g/mol. The van der Waals surface area contributed by atoms with Crippen LogP contribution in [0.1, 0.15) is 37.6 Å². The summed E-state index contributed by atoms with van der Waals surface area (Å²) in [4.78, 5) is 28.1. The molecule has 1 aromatic carbocycles. The molecule has 6 nitrogen and oxygen atoms in total. The van der Waals surface area contributed by atoms with E-state index in [9.17, 15) is 9.59 Å². The van der Waals surface area contributed by atoms with Crippen molar-refractivity contribution >= 4 is 11.9 Å². The first kappa shape index (κ1) is 18.1. The van der Waals surface area contributed by atoms with E-state index in [2.05, 4.69) is 12.2 Å². The molecule has 1 saturated heterocycles. The topological polar surface area (TPSA) is 61.9 Å². The maximum Gasteiger partial charge on any atom is 0.317 e. The summed E-state index contributed by atoms with van der Waals surface area (Å²) in [6.07, 6.45) is 0.954. The fourth-order valence-electron chi connectivity index (χ4n) is 2.55. The zero-order chi connectivity index (χ0) is 17.5. The Balaban J connectivity index is 1.87. The summed E-state index contributed by atoms with van der Waals surface area (Å²) in [5.74, 6) is 0.782. The lowest BCUT2D eigenvalue weighted by molar-refractivity contribution is 0.0664. The molecule has 1 aliphatic heterocycles. The van der Waals surface area contributed by atoms with Gasteiger partial charge in [0.05, 0.1) is 6.61 Å². The van der Waals surface area contributed by atoms with E-state index in [4.69, 9.17) is 4.74 Å². The zero-order valence-corrected chi connectivity index (χ0v) is 14.7. The van der Waals surface area contributed by atoms with Crippen LogP contribution < -0.4 is 10.1 Å². The molecule has 1 fully saturated rings. The number of urea groups is 1. The van der Waals surface area contributed by atoms with Crippen LogP contribution in [0.2, 0.25) is 0 Å². The van der Waals surface area contributed by atoms with Crippen molar-refractivity contribution in [1.82, 2.24) is 15.1 Å². The van der Waals surface area contributed by atoms with Crippen LogP contribution in [0.15, 0.2) is 24.3 Å². The van der Waals surface area contributed by atoms with Crippen LogP contribution in [-0.2, 0) is 0 Å². The summed E-state index contributed by atoms with van der Waals surface area (Å²) in [6, 6.07) is 7.31. The highest BCUT2D eigenvalue weighted by molar-refractivity contribution is 5.94. The summed E-state index contributed by atoms with van der Waals surface area (Å²) in [5.41, 5.74) is 0.652. The van der Waals surface area contributed by atoms with Gasteiger partial charge < -0.3 is 19.9 Å². The summed E-state index contributed by atoms with van der Waals surface area (Å²) in [6.45, 7) is 8.82. The van der Waals surface area contributed by atoms with Gasteiger partial charge >= 0.3 is 6.03 Å². The minimum absolute atomic E-state index is 0.000888. The van der Waals surface area contributed by atoms with Gasteiger partial charge in [0.1, 0.15) is 5.75 Å². The minimum Gasteiger partial charge on any atom is -0.494 e. The Bertz CT molecular complexity index is 549. The van der Waals surface area contributed by atoms with Gasteiger partial charge in [-0.05, 0) is 44.5 Å². The molecule has 0 unspecified atom stereocenters. The summed E-state index contributed by atoms with van der Waals surface area (Å²) in [5, 5.41) is 2.88. The van der Waals surface area contributed by atoms with E-state index in [-0.39, 0.29) is 18.0 Å². The molecule has 0 spiro atoms. The Morgan fingerprint density at radius 1 is 1.08 bits per heavy atom. The van der Waals surface area contributed by atoms with Crippen LogP contribution in [0.5, 0.6) is 5.75 Å². The van der Waals surface area contributed by atoms with E-state index in [0.717, 1.165) is 12.2 Å². The molecule has 0 radical (unpaired) electrons. The molecule has 1 N–H and O–H groups in total. The number of amides is 3. The predicted octanol–water partition coefficient (Wildman–Crippen LogP) is 2.35. The van der Waals surface area contributed by atoms with Gasteiger partial charge in [0.15, 0.2) is 0 Å².